The minimum absolute atomic E-state index is 0.0302. The molecule has 4 amide bonds. The van der Waals surface area contributed by atoms with E-state index in [0.29, 0.717) is 42.1 Å². The number of aliphatic hydroxyl groups excluding tert-OH is 1. The number of carbonyl (C=O) groups is 3. The maximum absolute atomic E-state index is 14.3. The third kappa shape index (κ3) is 9.66. The van der Waals surface area contributed by atoms with Crippen LogP contribution in [0.15, 0.2) is 72.5 Å². The van der Waals surface area contributed by atoms with Crippen LogP contribution in [0.3, 0.4) is 0 Å². The SMILES string of the molecule is Cc1ncsc1-c1ccc(CNC(=O)[C@@H]2C[C@@H](O)CN2C(=O)[C@@H](NC(=O)N2CC3(CC(N4CCC(c5cnc(N6C7CCC6CN(c6cc(-c8ccccc8O)nnc6N)C7)nc5)CC4)C3)C2)C(C)(C)C)cc1. The van der Waals surface area contributed by atoms with E-state index in [0.717, 1.165) is 98.0 Å². The third-order valence-electron chi connectivity index (χ3n) is 16.6. The predicted octanol–water partition coefficient (Wildman–Crippen LogP) is 5.56. The average Bonchev–Trinajstić information content (AvgIpc) is 4.05. The Kier molecular flexibility index (Phi) is 13.0. The summed E-state index contributed by atoms with van der Waals surface area (Å²) in [5.74, 6) is 1.04. The van der Waals surface area contributed by atoms with Crippen LogP contribution in [0.25, 0.3) is 21.7 Å². The van der Waals surface area contributed by atoms with Crippen molar-refractivity contribution in [2.24, 2.45) is 10.8 Å². The molecule has 1 saturated carbocycles. The lowest BCUT2D eigenvalue weighted by Crippen LogP contribution is -2.70. The Morgan fingerprint density at radius 1 is 0.904 bits per heavy atom. The van der Waals surface area contributed by atoms with E-state index in [9.17, 15) is 24.6 Å². The number of nitrogens with zero attached hydrogens (tertiary/aromatic N) is 10. The molecule has 73 heavy (non-hydrogen) atoms. The van der Waals surface area contributed by atoms with Gasteiger partial charge in [-0.3, -0.25) is 9.59 Å². The number of urea groups is 1. The molecule has 5 aliphatic heterocycles. The normalized spacial score (nSPS) is 23.6. The van der Waals surface area contributed by atoms with Gasteiger partial charge in [0.15, 0.2) is 5.82 Å². The van der Waals surface area contributed by atoms with Crippen molar-refractivity contribution in [2.75, 3.05) is 61.3 Å². The molecule has 5 atom stereocenters. The average molecular weight is 1010 g/mol. The molecule has 8 heterocycles. The molecule has 0 radical (unpaired) electrons. The molecule has 18 nitrogen and oxygen atoms in total. The van der Waals surface area contributed by atoms with Crippen LogP contribution in [-0.2, 0) is 16.1 Å². The molecule has 2 unspecified atom stereocenters. The lowest BCUT2D eigenvalue weighted by atomic mass is 9.60. The maximum Gasteiger partial charge on any atom is 0.318 e. The first-order valence-electron chi connectivity index (χ1n) is 25.9. The van der Waals surface area contributed by atoms with Crippen LogP contribution < -0.4 is 26.2 Å². The fraction of sp³-hybridized carbons (Fsp3) is 0.519. The molecule has 6 fully saturated rings. The summed E-state index contributed by atoms with van der Waals surface area (Å²) in [4.78, 5) is 67.6. The van der Waals surface area contributed by atoms with E-state index in [-0.39, 0.29) is 60.6 Å². The summed E-state index contributed by atoms with van der Waals surface area (Å²) in [6.07, 6.45) is 9.68. The molecule has 2 aromatic carbocycles. The standard InChI is InChI=1S/C54H67N13O5S/c1-32-46(73-31-59-32)35-11-9-33(10-12-35)23-56-49(70)44-19-40(68)28-66(44)50(71)47(53(2,3)4)60-52(72)65-29-54(30-65)21-39(22-54)63-17-15-34(16-18-63)36-24-57-51(58-25-36)67-37-13-14-38(67)27-64(26-37)43-20-42(61-62-48(43)55)41-7-5-6-8-45(41)69/h5-12,20,24-25,31,34,37-40,44,47,68-69H,13-19,21-23,26-30H2,1-4H3,(H2,55,62)(H,56,70)(H,60,72)/t37?,38?,40-,44+,47-/m1/s1. The number of aromatic nitrogens is 5. The number of benzene rings is 2. The monoisotopic (exact) mass is 1010 g/mol. The van der Waals surface area contributed by atoms with Gasteiger partial charge in [0.1, 0.15) is 17.8 Å². The Morgan fingerprint density at radius 3 is 2.26 bits per heavy atom. The van der Waals surface area contributed by atoms with Gasteiger partial charge in [0, 0.05) is 87.2 Å². The van der Waals surface area contributed by atoms with Gasteiger partial charge in [-0.1, -0.05) is 57.2 Å². The highest BCUT2D eigenvalue weighted by atomic mass is 32.1. The zero-order valence-corrected chi connectivity index (χ0v) is 43.0. The number of phenols is 1. The number of likely N-dealkylation sites (tertiary alicyclic amines) is 3. The fourth-order valence-corrected chi connectivity index (χ4v) is 13.3. The molecule has 1 aliphatic carbocycles. The summed E-state index contributed by atoms with van der Waals surface area (Å²) < 4.78 is 0. The van der Waals surface area contributed by atoms with E-state index in [1.54, 1.807) is 23.5 Å². The Morgan fingerprint density at radius 2 is 1.60 bits per heavy atom. The van der Waals surface area contributed by atoms with Crippen molar-refractivity contribution in [3.63, 3.8) is 0 Å². The van der Waals surface area contributed by atoms with Crippen molar-refractivity contribution in [3.8, 4) is 27.4 Å². The topological polar surface area (TPSA) is 222 Å². The number of hydrogen-bond donors (Lipinski definition) is 5. The van der Waals surface area contributed by atoms with Crippen molar-refractivity contribution in [1.29, 1.82) is 0 Å². The number of phenolic OH excluding ortho intramolecular Hbond substituents is 1. The molecule has 5 saturated heterocycles. The molecule has 11 rings (SSSR count). The molecule has 19 heteroatoms. The number of hydrogen-bond acceptors (Lipinski definition) is 15. The highest BCUT2D eigenvalue weighted by Crippen LogP contribution is 2.51. The van der Waals surface area contributed by atoms with Crippen LogP contribution in [-0.4, -0.2) is 150 Å². The number of aliphatic hydroxyl groups is 1. The Balaban J connectivity index is 0.631. The number of fused-ring (bicyclic) bond motifs is 2. The summed E-state index contributed by atoms with van der Waals surface area (Å²) >= 11 is 1.59. The summed E-state index contributed by atoms with van der Waals surface area (Å²) in [6, 6.07) is 16.0. The molecular formula is C54H67N13O5S. The van der Waals surface area contributed by atoms with Crippen molar-refractivity contribution < 1.29 is 24.6 Å². The van der Waals surface area contributed by atoms with Gasteiger partial charge in [0.2, 0.25) is 17.8 Å². The van der Waals surface area contributed by atoms with Crippen LogP contribution in [0.5, 0.6) is 5.75 Å². The van der Waals surface area contributed by atoms with Crippen LogP contribution in [0.2, 0.25) is 0 Å². The number of carbonyl (C=O) groups excluding carboxylic acids is 3. The van der Waals surface area contributed by atoms with Crippen LogP contribution in [0.4, 0.5) is 22.2 Å². The largest absolute Gasteiger partial charge is 0.507 e. The van der Waals surface area contributed by atoms with E-state index in [2.05, 4.69) is 40.5 Å². The Labute approximate surface area is 430 Å². The van der Waals surface area contributed by atoms with Crippen LogP contribution in [0.1, 0.15) is 88.5 Å². The highest BCUT2D eigenvalue weighted by molar-refractivity contribution is 7.13. The minimum atomic E-state index is -0.883. The zero-order valence-electron chi connectivity index (χ0n) is 42.2. The van der Waals surface area contributed by atoms with Gasteiger partial charge in [-0.05, 0) is 105 Å². The molecule has 6 N–H and O–H groups in total. The summed E-state index contributed by atoms with van der Waals surface area (Å²) in [5, 5.41) is 35.7. The minimum Gasteiger partial charge on any atom is -0.507 e. The number of para-hydroxylation sites is 1. The molecule has 3 aromatic heterocycles. The smallest absolute Gasteiger partial charge is 0.318 e. The molecule has 6 aliphatic rings. The number of piperazine rings is 1. The summed E-state index contributed by atoms with van der Waals surface area (Å²) in [5.41, 5.74) is 13.9. The molecule has 2 bridgehead atoms. The van der Waals surface area contributed by atoms with Crippen molar-refractivity contribution >= 4 is 46.6 Å². The van der Waals surface area contributed by atoms with Gasteiger partial charge in [0.05, 0.1) is 33.6 Å². The number of amides is 4. The highest BCUT2D eigenvalue weighted by Gasteiger charge is 2.56. The predicted molar refractivity (Wildman–Crippen MR) is 280 cm³/mol. The summed E-state index contributed by atoms with van der Waals surface area (Å²) in [7, 11) is 0. The molecule has 5 aromatic rings. The molecule has 384 valence electrons. The molecular weight excluding hydrogens is 943 g/mol. The van der Waals surface area contributed by atoms with Crippen molar-refractivity contribution in [1.82, 2.24) is 50.5 Å². The van der Waals surface area contributed by atoms with Gasteiger partial charge >= 0.3 is 6.03 Å². The second-order valence-electron chi connectivity index (χ2n) is 22.6. The number of anilines is 3. The number of nitrogens with two attached hydrogens (primary N) is 1. The quantitative estimate of drug-likeness (QED) is 0.109. The third-order valence-corrected chi connectivity index (χ3v) is 17.5. The van der Waals surface area contributed by atoms with E-state index in [1.807, 2.05) is 93.0 Å². The number of nitrogens with one attached hydrogen (secondary N) is 2. The van der Waals surface area contributed by atoms with Crippen molar-refractivity contribution in [2.45, 2.75) is 121 Å². The van der Waals surface area contributed by atoms with Gasteiger partial charge in [-0.15, -0.1) is 21.5 Å². The van der Waals surface area contributed by atoms with Crippen molar-refractivity contribution in [3.05, 3.63) is 89.3 Å². The van der Waals surface area contributed by atoms with E-state index >= 15 is 0 Å². The molecule has 1 spiro atoms. The number of aromatic hydroxyl groups is 1. The van der Waals surface area contributed by atoms with Gasteiger partial charge in [-0.25, -0.2) is 19.7 Å². The maximum atomic E-state index is 14.3. The van der Waals surface area contributed by atoms with E-state index in [1.165, 1.54) is 10.5 Å². The van der Waals surface area contributed by atoms with Crippen LogP contribution in [0, 0.1) is 17.8 Å². The first kappa shape index (κ1) is 48.8. The van der Waals surface area contributed by atoms with E-state index < -0.39 is 23.6 Å². The second-order valence-corrected chi connectivity index (χ2v) is 23.4. The summed E-state index contributed by atoms with van der Waals surface area (Å²) in [6.45, 7) is 12.9. The first-order chi connectivity index (χ1) is 35.1. The van der Waals surface area contributed by atoms with Gasteiger partial charge in [0.25, 0.3) is 0 Å². The van der Waals surface area contributed by atoms with Crippen LogP contribution >= 0.6 is 11.3 Å². The number of piperidine rings is 1. The second kappa shape index (κ2) is 19.4. The van der Waals surface area contributed by atoms with Gasteiger partial charge < -0.3 is 51.1 Å². The lowest BCUT2D eigenvalue weighted by molar-refractivity contribution is -0.142. The Bertz CT molecular complexity index is 2820. The first-order valence-corrected chi connectivity index (χ1v) is 26.8. The zero-order chi connectivity index (χ0) is 50.8. The number of thiazole rings is 1. The Hall–Kier alpha value is -6.44. The number of rotatable bonds is 11. The number of aryl methyl sites for hydroxylation is 1. The number of nitrogen functional groups attached to an aromatic ring is 1. The van der Waals surface area contributed by atoms with Gasteiger partial charge in [-0.2, -0.15) is 0 Å². The lowest BCUT2D eigenvalue weighted by Gasteiger charge is -2.61. The number of β-amino-alcohol motifs (C(OH)–C–C–N with tert-alkyl or cyclic N) is 1. The fourth-order valence-electron chi connectivity index (χ4n) is 12.5. The van der Waals surface area contributed by atoms with E-state index in [4.69, 9.17) is 15.7 Å².